The minimum Gasteiger partial charge on any atom is -0.378 e. The van der Waals surface area contributed by atoms with Crippen LogP contribution in [-0.4, -0.2) is 37.7 Å². The Balaban J connectivity index is 1.53. The van der Waals surface area contributed by atoms with Crippen LogP contribution >= 0.6 is 0 Å². The summed E-state index contributed by atoms with van der Waals surface area (Å²) < 4.78 is 5.56. The quantitative estimate of drug-likeness (QED) is 0.759. The molecule has 2 heterocycles. The Labute approximate surface area is 103 Å². The van der Waals surface area contributed by atoms with E-state index in [2.05, 4.69) is 10.6 Å². The van der Waals surface area contributed by atoms with Crippen LogP contribution in [-0.2, 0) is 9.53 Å². The third-order valence-corrected chi connectivity index (χ3v) is 3.66. The van der Waals surface area contributed by atoms with E-state index in [0.29, 0.717) is 12.5 Å². The first-order valence-corrected chi connectivity index (χ1v) is 6.96. The molecule has 98 valence electrons. The van der Waals surface area contributed by atoms with Gasteiger partial charge in [0.15, 0.2) is 0 Å². The zero-order valence-electron chi connectivity index (χ0n) is 10.5. The van der Waals surface area contributed by atoms with Gasteiger partial charge in [-0.05, 0) is 45.1 Å². The van der Waals surface area contributed by atoms with Crippen molar-refractivity contribution in [2.45, 2.75) is 57.1 Å². The average Bonchev–Trinajstić information content (AvgIpc) is 2.83. The van der Waals surface area contributed by atoms with Gasteiger partial charge in [-0.2, -0.15) is 0 Å². The van der Waals surface area contributed by atoms with Gasteiger partial charge in [-0.3, -0.25) is 4.79 Å². The molecule has 1 amide bonds. The highest BCUT2D eigenvalue weighted by molar-refractivity contribution is 5.76. The molecule has 0 saturated carbocycles. The lowest BCUT2D eigenvalue weighted by Crippen LogP contribution is -2.33. The van der Waals surface area contributed by atoms with Gasteiger partial charge in [-0.25, -0.2) is 0 Å². The van der Waals surface area contributed by atoms with Gasteiger partial charge in [0.1, 0.15) is 0 Å². The first kappa shape index (κ1) is 12.8. The number of rotatable bonds is 5. The van der Waals surface area contributed by atoms with E-state index in [-0.39, 0.29) is 12.0 Å². The summed E-state index contributed by atoms with van der Waals surface area (Å²) in [5, 5.41) is 6.43. The van der Waals surface area contributed by atoms with E-state index in [1.54, 1.807) is 0 Å². The van der Waals surface area contributed by atoms with Gasteiger partial charge < -0.3 is 15.4 Å². The SMILES string of the molecule is O=C(CC1CCCCO1)NCC[C@H]1CCCN1. The maximum absolute atomic E-state index is 11.7. The normalized spacial score (nSPS) is 29.2. The van der Waals surface area contributed by atoms with Crippen LogP contribution in [0, 0.1) is 0 Å². The second-order valence-corrected chi connectivity index (χ2v) is 5.12. The molecule has 0 aromatic carbocycles. The van der Waals surface area contributed by atoms with Crippen molar-refractivity contribution < 1.29 is 9.53 Å². The Hall–Kier alpha value is -0.610. The largest absolute Gasteiger partial charge is 0.378 e. The maximum atomic E-state index is 11.7. The van der Waals surface area contributed by atoms with Crippen LogP contribution in [0.5, 0.6) is 0 Å². The fourth-order valence-corrected chi connectivity index (χ4v) is 2.64. The molecular formula is C13H24N2O2. The van der Waals surface area contributed by atoms with Crippen LogP contribution in [0.3, 0.4) is 0 Å². The van der Waals surface area contributed by atoms with E-state index in [4.69, 9.17) is 4.74 Å². The Morgan fingerprint density at radius 2 is 2.24 bits per heavy atom. The number of carbonyl (C=O) groups excluding carboxylic acids is 1. The fraction of sp³-hybridized carbons (Fsp3) is 0.923. The molecule has 0 bridgehead atoms. The van der Waals surface area contributed by atoms with Gasteiger partial charge in [-0.15, -0.1) is 0 Å². The van der Waals surface area contributed by atoms with Crippen molar-refractivity contribution in [3.63, 3.8) is 0 Å². The summed E-state index contributed by atoms with van der Waals surface area (Å²) in [7, 11) is 0. The highest BCUT2D eigenvalue weighted by Crippen LogP contribution is 2.15. The third-order valence-electron chi connectivity index (χ3n) is 3.66. The predicted molar refractivity (Wildman–Crippen MR) is 66.9 cm³/mol. The lowest BCUT2D eigenvalue weighted by Gasteiger charge is -2.22. The standard InChI is InChI=1S/C13H24N2O2/c16-13(10-12-5-1-2-9-17-12)15-8-6-11-4-3-7-14-11/h11-12,14H,1-10H2,(H,15,16)/t11-,12?/m1/s1. The summed E-state index contributed by atoms with van der Waals surface area (Å²) in [4.78, 5) is 11.7. The maximum Gasteiger partial charge on any atom is 0.222 e. The van der Waals surface area contributed by atoms with Crippen molar-refractivity contribution in [1.29, 1.82) is 0 Å². The summed E-state index contributed by atoms with van der Waals surface area (Å²) in [5.74, 6) is 0.148. The van der Waals surface area contributed by atoms with Crippen molar-refractivity contribution in [1.82, 2.24) is 10.6 Å². The molecule has 2 atom stereocenters. The molecule has 2 fully saturated rings. The Morgan fingerprint density at radius 3 is 2.94 bits per heavy atom. The van der Waals surface area contributed by atoms with Crippen molar-refractivity contribution in [3.8, 4) is 0 Å². The highest BCUT2D eigenvalue weighted by Gasteiger charge is 2.18. The first-order valence-electron chi connectivity index (χ1n) is 6.96. The molecule has 17 heavy (non-hydrogen) atoms. The molecule has 2 aliphatic heterocycles. The highest BCUT2D eigenvalue weighted by atomic mass is 16.5. The molecule has 2 N–H and O–H groups in total. The molecule has 2 aliphatic rings. The number of nitrogens with one attached hydrogen (secondary N) is 2. The van der Waals surface area contributed by atoms with Crippen LogP contribution in [0.15, 0.2) is 0 Å². The number of hydrogen-bond acceptors (Lipinski definition) is 3. The van der Waals surface area contributed by atoms with Crippen LogP contribution < -0.4 is 10.6 Å². The van der Waals surface area contributed by atoms with E-state index in [1.807, 2.05) is 0 Å². The Morgan fingerprint density at radius 1 is 1.29 bits per heavy atom. The van der Waals surface area contributed by atoms with Crippen LogP contribution in [0.25, 0.3) is 0 Å². The third kappa shape index (κ3) is 4.64. The van der Waals surface area contributed by atoms with Gasteiger partial charge >= 0.3 is 0 Å². The lowest BCUT2D eigenvalue weighted by molar-refractivity contribution is -0.124. The molecule has 0 aromatic rings. The van der Waals surface area contributed by atoms with Gasteiger partial charge in [0, 0.05) is 19.2 Å². The molecule has 2 rings (SSSR count). The smallest absolute Gasteiger partial charge is 0.222 e. The van der Waals surface area contributed by atoms with E-state index in [1.165, 1.54) is 19.3 Å². The van der Waals surface area contributed by atoms with Crippen molar-refractivity contribution in [2.24, 2.45) is 0 Å². The molecule has 0 radical (unpaired) electrons. The van der Waals surface area contributed by atoms with E-state index in [9.17, 15) is 4.79 Å². The number of carbonyl (C=O) groups is 1. The molecule has 2 saturated heterocycles. The first-order chi connectivity index (χ1) is 8.34. The lowest BCUT2D eigenvalue weighted by atomic mass is 10.1. The van der Waals surface area contributed by atoms with Crippen LogP contribution in [0.2, 0.25) is 0 Å². The van der Waals surface area contributed by atoms with Crippen LogP contribution in [0.4, 0.5) is 0 Å². The molecule has 0 aliphatic carbocycles. The van der Waals surface area contributed by atoms with Gasteiger partial charge in [0.25, 0.3) is 0 Å². The predicted octanol–water partition coefficient (Wildman–Crippen LogP) is 1.20. The zero-order chi connectivity index (χ0) is 11.9. The van der Waals surface area contributed by atoms with Crippen LogP contribution in [0.1, 0.15) is 44.9 Å². The van der Waals surface area contributed by atoms with Crippen molar-refractivity contribution in [3.05, 3.63) is 0 Å². The number of ether oxygens (including phenoxy) is 1. The Bertz CT molecular complexity index is 234. The van der Waals surface area contributed by atoms with Gasteiger partial charge in [-0.1, -0.05) is 0 Å². The minimum atomic E-state index is 0.148. The molecule has 4 nitrogen and oxygen atoms in total. The summed E-state index contributed by atoms with van der Waals surface area (Å²) in [5.41, 5.74) is 0. The average molecular weight is 240 g/mol. The minimum absolute atomic E-state index is 0.148. The van der Waals surface area contributed by atoms with Gasteiger partial charge in [0.05, 0.1) is 12.5 Å². The Kier molecular flexibility index (Phi) is 5.26. The van der Waals surface area contributed by atoms with Crippen molar-refractivity contribution >= 4 is 5.91 Å². The number of hydrogen-bond donors (Lipinski definition) is 2. The molecule has 0 aromatic heterocycles. The second-order valence-electron chi connectivity index (χ2n) is 5.12. The molecule has 1 unspecified atom stereocenters. The van der Waals surface area contributed by atoms with Crippen molar-refractivity contribution in [2.75, 3.05) is 19.7 Å². The monoisotopic (exact) mass is 240 g/mol. The zero-order valence-corrected chi connectivity index (χ0v) is 10.5. The van der Waals surface area contributed by atoms with Gasteiger partial charge in [0.2, 0.25) is 5.91 Å². The van der Waals surface area contributed by atoms with E-state index < -0.39 is 0 Å². The molecule has 4 heteroatoms. The second kappa shape index (κ2) is 6.97. The molecular weight excluding hydrogens is 216 g/mol. The summed E-state index contributed by atoms with van der Waals surface area (Å²) >= 11 is 0. The fourth-order valence-electron chi connectivity index (χ4n) is 2.64. The number of amides is 1. The van der Waals surface area contributed by atoms with E-state index in [0.717, 1.165) is 39.0 Å². The summed E-state index contributed by atoms with van der Waals surface area (Å²) in [6.45, 7) is 2.75. The van der Waals surface area contributed by atoms with E-state index >= 15 is 0 Å². The summed E-state index contributed by atoms with van der Waals surface area (Å²) in [6, 6.07) is 0.612. The topological polar surface area (TPSA) is 50.4 Å². The summed E-state index contributed by atoms with van der Waals surface area (Å²) in [6.07, 6.45) is 7.66. The molecule has 0 spiro atoms.